The van der Waals surface area contributed by atoms with Crippen LogP contribution in [0.1, 0.15) is 0 Å². The average Bonchev–Trinajstić information content (AvgIpc) is 2.44. The van der Waals surface area contributed by atoms with Gasteiger partial charge in [-0.3, -0.25) is 8.96 Å². The number of halogens is 2. The molecule has 0 saturated heterocycles. The van der Waals surface area contributed by atoms with Gasteiger partial charge in [-0.15, -0.1) is 0 Å². The molecule has 2 nitrogen and oxygen atoms in total. The van der Waals surface area contributed by atoms with E-state index in [0.717, 1.165) is 9.99 Å². The fourth-order valence-corrected chi connectivity index (χ4v) is 3.08. The molecule has 0 aliphatic heterocycles. The van der Waals surface area contributed by atoms with Crippen LogP contribution in [0.25, 0.3) is 10.9 Å². The van der Waals surface area contributed by atoms with Gasteiger partial charge in [-0.05, 0) is 22.0 Å². The van der Waals surface area contributed by atoms with Crippen LogP contribution < -0.4 is 0 Å². The molecule has 0 aliphatic rings. The minimum Gasteiger partial charge on any atom is -0.280 e. The minimum absolute atomic E-state index is 1.11. The third-order valence-corrected chi connectivity index (χ3v) is 3.96. The number of rotatable bonds is 1. The fourth-order valence-electron chi connectivity index (χ4n) is 1.06. The highest BCUT2D eigenvalue weighted by Crippen LogP contribution is 2.30. The first-order valence-electron chi connectivity index (χ1n) is 3.22. The molecule has 2 aromatic rings. The molecule has 2 rings (SSSR count). The molecule has 0 fully saturated rings. The van der Waals surface area contributed by atoms with E-state index in [-0.39, 0.29) is 0 Å². The molecule has 2 heterocycles. The van der Waals surface area contributed by atoms with Crippen molar-refractivity contribution in [2.24, 2.45) is 0 Å². The topological polar surface area (TPSA) is 17.8 Å². The second kappa shape index (κ2) is 3.55. The SMILES string of the molecule is Brc1cn(SI)c2cnccc12. The quantitative estimate of drug-likeness (QED) is 0.727. The zero-order valence-electron chi connectivity index (χ0n) is 5.87. The van der Waals surface area contributed by atoms with Crippen molar-refractivity contribution in [2.75, 3.05) is 0 Å². The lowest BCUT2D eigenvalue weighted by Gasteiger charge is -1.94. The Labute approximate surface area is 94.6 Å². The van der Waals surface area contributed by atoms with Crippen LogP contribution in [0.15, 0.2) is 29.1 Å². The number of hydrogen-bond acceptors (Lipinski definition) is 2. The van der Waals surface area contributed by atoms with Crippen LogP contribution in [0.5, 0.6) is 0 Å². The molecule has 0 aliphatic carbocycles. The molecule has 0 atom stereocenters. The van der Waals surface area contributed by atoms with E-state index in [1.54, 1.807) is 15.3 Å². The van der Waals surface area contributed by atoms with Gasteiger partial charge in [0.2, 0.25) is 0 Å². The van der Waals surface area contributed by atoms with Crippen LogP contribution in [0.4, 0.5) is 0 Å². The highest BCUT2D eigenvalue weighted by atomic mass is 127. The normalized spacial score (nSPS) is 10.8. The van der Waals surface area contributed by atoms with Crippen LogP contribution in [-0.2, 0) is 0 Å². The lowest BCUT2D eigenvalue weighted by molar-refractivity contribution is 1.30. The maximum atomic E-state index is 4.08. The van der Waals surface area contributed by atoms with Gasteiger partial charge in [-0.1, -0.05) is 0 Å². The van der Waals surface area contributed by atoms with Crippen LogP contribution in [0, 0.1) is 0 Å². The fraction of sp³-hybridized carbons (Fsp3) is 0. The molecule has 0 amide bonds. The highest BCUT2D eigenvalue weighted by molar-refractivity contribution is 14.2. The molecule has 0 N–H and O–H groups in total. The predicted molar refractivity (Wildman–Crippen MR) is 64.4 cm³/mol. The lowest BCUT2D eigenvalue weighted by atomic mass is 10.3. The van der Waals surface area contributed by atoms with Crippen molar-refractivity contribution in [3.63, 3.8) is 0 Å². The van der Waals surface area contributed by atoms with Gasteiger partial charge in [0.1, 0.15) is 0 Å². The number of hydrogen-bond donors (Lipinski definition) is 0. The zero-order chi connectivity index (χ0) is 8.55. The monoisotopic (exact) mass is 354 g/mol. The van der Waals surface area contributed by atoms with Gasteiger partial charge in [0, 0.05) is 52.6 Å². The van der Waals surface area contributed by atoms with E-state index in [1.807, 2.05) is 18.5 Å². The van der Waals surface area contributed by atoms with E-state index >= 15 is 0 Å². The van der Waals surface area contributed by atoms with Crippen LogP contribution >= 0.6 is 46.3 Å². The van der Waals surface area contributed by atoms with E-state index in [9.17, 15) is 0 Å². The van der Waals surface area contributed by atoms with E-state index in [2.05, 4.69) is 46.1 Å². The largest absolute Gasteiger partial charge is 0.280 e. The molecule has 12 heavy (non-hydrogen) atoms. The number of aromatic nitrogens is 2. The highest BCUT2D eigenvalue weighted by Gasteiger charge is 2.04. The Hall–Kier alpha value is 0.250. The molecule has 0 radical (unpaired) electrons. The van der Waals surface area contributed by atoms with E-state index in [0.29, 0.717) is 0 Å². The van der Waals surface area contributed by atoms with Gasteiger partial charge < -0.3 is 0 Å². The lowest BCUT2D eigenvalue weighted by Crippen LogP contribution is -1.78. The number of nitrogens with zero attached hydrogens (tertiary/aromatic N) is 2. The van der Waals surface area contributed by atoms with Crippen molar-refractivity contribution in [2.45, 2.75) is 0 Å². The van der Waals surface area contributed by atoms with Crippen molar-refractivity contribution in [3.8, 4) is 0 Å². The molecule has 0 saturated carbocycles. The standard InChI is InChI=1S/C7H4BrIN2S/c8-6-4-11(12-9)7-3-10-2-1-5(6)7/h1-4H. The van der Waals surface area contributed by atoms with Crippen molar-refractivity contribution in [1.82, 2.24) is 8.96 Å². The summed E-state index contributed by atoms with van der Waals surface area (Å²) >= 11 is 5.74. The van der Waals surface area contributed by atoms with E-state index < -0.39 is 0 Å². The smallest absolute Gasteiger partial charge is 0.0793 e. The Morgan fingerprint density at radius 2 is 2.42 bits per heavy atom. The first kappa shape index (κ1) is 8.83. The summed E-state index contributed by atoms with van der Waals surface area (Å²) in [6, 6.07) is 2.00. The summed E-state index contributed by atoms with van der Waals surface area (Å²) in [5.74, 6) is 0. The second-order valence-corrected chi connectivity index (χ2v) is 4.83. The minimum atomic E-state index is 1.11. The number of fused-ring (bicyclic) bond motifs is 1. The Kier molecular flexibility index (Phi) is 2.61. The molecule has 0 bridgehead atoms. The molecule has 2 aromatic heterocycles. The molecule has 62 valence electrons. The van der Waals surface area contributed by atoms with E-state index in [4.69, 9.17) is 0 Å². The molecular weight excluding hydrogens is 351 g/mol. The summed E-state index contributed by atoms with van der Waals surface area (Å²) in [7, 11) is 1.64. The average molecular weight is 355 g/mol. The van der Waals surface area contributed by atoms with Crippen molar-refractivity contribution >= 4 is 57.2 Å². The van der Waals surface area contributed by atoms with Gasteiger partial charge in [0.05, 0.1) is 11.7 Å². The summed E-state index contributed by atoms with van der Waals surface area (Å²) in [6.07, 6.45) is 5.71. The van der Waals surface area contributed by atoms with Gasteiger partial charge in [-0.25, -0.2) is 0 Å². The van der Waals surface area contributed by atoms with Gasteiger partial charge in [0.15, 0.2) is 0 Å². The summed E-state index contributed by atoms with van der Waals surface area (Å²) in [6.45, 7) is 0. The Balaban J connectivity index is 2.82. The third kappa shape index (κ3) is 1.38. The first-order chi connectivity index (χ1) is 5.83. The third-order valence-electron chi connectivity index (χ3n) is 1.60. The van der Waals surface area contributed by atoms with Crippen molar-refractivity contribution in [3.05, 3.63) is 29.1 Å². The molecule has 0 aromatic carbocycles. The van der Waals surface area contributed by atoms with Crippen LogP contribution in [0.3, 0.4) is 0 Å². The maximum absolute atomic E-state index is 4.08. The molecule has 0 unspecified atom stereocenters. The molecule has 0 spiro atoms. The zero-order valence-corrected chi connectivity index (χ0v) is 10.4. The van der Waals surface area contributed by atoms with E-state index in [1.165, 1.54) is 5.39 Å². The van der Waals surface area contributed by atoms with Gasteiger partial charge in [-0.2, -0.15) is 0 Å². The van der Waals surface area contributed by atoms with Gasteiger partial charge in [0.25, 0.3) is 0 Å². The Morgan fingerprint density at radius 1 is 1.58 bits per heavy atom. The number of pyridine rings is 1. The Morgan fingerprint density at radius 3 is 3.17 bits per heavy atom. The predicted octanol–water partition coefficient (Wildman–Crippen LogP) is 3.65. The van der Waals surface area contributed by atoms with Crippen molar-refractivity contribution < 1.29 is 0 Å². The van der Waals surface area contributed by atoms with Crippen LogP contribution in [-0.4, -0.2) is 8.96 Å². The van der Waals surface area contributed by atoms with Crippen molar-refractivity contribution in [1.29, 1.82) is 0 Å². The van der Waals surface area contributed by atoms with Gasteiger partial charge >= 0.3 is 0 Å². The molecular formula is C7H4BrIN2S. The summed E-state index contributed by atoms with van der Waals surface area (Å²) in [5.41, 5.74) is 1.14. The summed E-state index contributed by atoms with van der Waals surface area (Å²) in [4.78, 5) is 4.08. The van der Waals surface area contributed by atoms with Crippen LogP contribution in [0.2, 0.25) is 0 Å². The maximum Gasteiger partial charge on any atom is 0.0793 e. The Bertz CT molecular complexity index is 415. The summed E-state index contributed by atoms with van der Waals surface area (Å²) < 4.78 is 3.19. The second-order valence-electron chi connectivity index (χ2n) is 2.26. The molecule has 5 heteroatoms. The first-order valence-corrected chi connectivity index (χ1v) is 7.33. The summed E-state index contributed by atoms with van der Waals surface area (Å²) in [5, 5.41) is 1.20.